The van der Waals surface area contributed by atoms with Gasteiger partial charge in [0.05, 0.1) is 5.69 Å². The van der Waals surface area contributed by atoms with Crippen molar-refractivity contribution >= 4 is 17.2 Å². The lowest BCUT2D eigenvalue weighted by molar-refractivity contribution is 0.386. The predicted molar refractivity (Wildman–Crippen MR) is 110 cm³/mol. The Hall–Kier alpha value is -3.25. The number of fused-ring (bicyclic) bond motifs is 3. The summed E-state index contributed by atoms with van der Waals surface area (Å²) in [6.07, 6.45) is 2.79. The van der Waals surface area contributed by atoms with Gasteiger partial charge in [0.2, 0.25) is 5.89 Å². The molecule has 0 fully saturated rings. The maximum atomic E-state index is 6.13. The molecule has 0 N–H and O–H groups in total. The zero-order chi connectivity index (χ0) is 20.0. The van der Waals surface area contributed by atoms with Gasteiger partial charge in [0.25, 0.3) is 0 Å². The smallest absolute Gasteiger partial charge is 0.223 e. The molecule has 1 unspecified atom stereocenters. The van der Waals surface area contributed by atoms with E-state index in [4.69, 9.17) is 16.1 Å². The summed E-state index contributed by atoms with van der Waals surface area (Å²) in [5, 5.41) is 13.6. The number of para-hydroxylation sites is 1. The van der Waals surface area contributed by atoms with Gasteiger partial charge in [-0.1, -0.05) is 53.2 Å². The minimum absolute atomic E-state index is 0.0636. The van der Waals surface area contributed by atoms with Crippen molar-refractivity contribution in [3.63, 3.8) is 0 Å². The van der Waals surface area contributed by atoms with Crippen molar-refractivity contribution in [3.05, 3.63) is 94.1 Å². The number of hydrogen-bond donors (Lipinski definition) is 0. The van der Waals surface area contributed by atoms with Gasteiger partial charge >= 0.3 is 0 Å². The molecule has 1 aliphatic rings. The molecule has 144 valence electrons. The molecule has 0 spiro atoms. The van der Waals surface area contributed by atoms with E-state index in [2.05, 4.69) is 43.1 Å². The van der Waals surface area contributed by atoms with E-state index in [9.17, 15) is 0 Å². The van der Waals surface area contributed by atoms with Gasteiger partial charge < -0.3 is 4.52 Å². The number of aromatic nitrogens is 5. The van der Waals surface area contributed by atoms with Crippen LogP contribution in [0, 0.1) is 13.8 Å². The summed E-state index contributed by atoms with van der Waals surface area (Å²) in [4.78, 5) is 4.39. The van der Waals surface area contributed by atoms with Crippen LogP contribution >= 0.6 is 11.6 Å². The Balaban J connectivity index is 1.73. The van der Waals surface area contributed by atoms with Crippen LogP contribution in [0.4, 0.5) is 0 Å². The Labute approximate surface area is 172 Å². The van der Waals surface area contributed by atoms with Crippen LogP contribution in [0.5, 0.6) is 0 Å². The van der Waals surface area contributed by atoms with Crippen LogP contribution in [0.25, 0.3) is 11.3 Å². The summed E-state index contributed by atoms with van der Waals surface area (Å²) in [6, 6.07) is 16.2. The monoisotopic (exact) mass is 403 g/mol. The first kappa shape index (κ1) is 17.8. The van der Waals surface area contributed by atoms with E-state index < -0.39 is 0 Å². The van der Waals surface area contributed by atoms with Gasteiger partial charge in [-0.15, -0.1) is 10.2 Å². The van der Waals surface area contributed by atoms with Crippen LogP contribution in [0.1, 0.15) is 40.4 Å². The zero-order valence-corrected chi connectivity index (χ0v) is 16.8. The Morgan fingerprint density at radius 1 is 1.03 bits per heavy atom. The molecular weight excluding hydrogens is 386 g/mol. The second-order valence-electron chi connectivity index (χ2n) is 7.09. The second kappa shape index (κ2) is 6.97. The molecule has 1 atom stereocenters. The summed E-state index contributed by atoms with van der Waals surface area (Å²) in [7, 11) is 0. The molecule has 0 aliphatic carbocycles. The third-order valence-corrected chi connectivity index (χ3v) is 5.36. The quantitative estimate of drug-likeness (QED) is 0.496. The molecule has 29 heavy (non-hydrogen) atoms. The summed E-state index contributed by atoms with van der Waals surface area (Å²) >= 11 is 6.13. The molecule has 6 nitrogen and oxygen atoms in total. The Bertz CT molecular complexity index is 1220. The normalized spacial score (nSPS) is 15.4. The third kappa shape index (κ3) is 3.15. The van der Waals surface area contributed by atoms with E-state index in [1.165, 1.54) is 0 Å². The number of aryl methyl sites for hydroxylation is 2. The topological polar surface area (TPSA) is 69.6 Å². The molecule has 0 saturated carbocycles. The van der Waals surface area contributed by atoms with E-state index >= 15 is 0 Å². The summed E-state index contributed by atoms with van der Waals surface area (Å²) < 4.78 is 7.30. The molecule has 0 saturated heterocycles. The van der Waals surface area contributed by atoms with Gasteiger partial charge in [-0.25, -0.2) is 0 Å². The maximum Gasteiger partial charge on any atom is 0.223 e. The molecule has 0 radical (unpaired) electrons. The fraction of sp³-hybridized carbons (Fsp3) is 0.182. The molecule has 7 heteroatoms. The lowest BCUT2D eigenvalue weighted by atomic mass is 9.92. The van der Waals surface area contributed by atoms with Gasteiger partial charge in [-0.2, -0.15) is 4.98 Å². The van der Waals surface area contributed by atoms with Crippen LogP contribution in [0.15, 0.2) is 59.1 Å². The van der Waals surface area contributed by atoms with E-state index in [0.717, 1.165) is 34.0 Å². The number of hydrogen-bond acceptors (Lipinski definition) is 5. The number of rotatable bonds is 3. The summed E-state index contributed by atoms with van der Waals surface area (Å²) in [5.74, 6) is 2.84. The molecule has 3 heterocycles. The molecule has 4 aromatic rings. The first-order valence-electron chi connectivity index (χ1n) is 9.39. The Morgan fingerprint density at radius 2 is 1.83 bits per heavy atom. The van der Waals surface area contributed by atoms with Crippen molar-refractivity contribution in [2.75, 3.05) is 0 Å². The van der Waals surface area contributed by atoms with Gasteiger partial charge in [0, 0.05) is 29.8 Å². The van der Waals surface area contributed by atoms with E-state index in [0.29, 0.717) is 23.2 Å². The minimum atomic E-state index is -0.0636. The van der Waals surface area contributed by atoms with Crippen molar-refractivity contribution < 1.29 is 4.52 Å². The first-order valence-corrected chi connectivity index (χ1v) is 9.76. The lowest BCUT2D eigenvalue weighted by Gasteiger charge is -2.13. The molecule has 2 aromatic heterocycles. The van der Waals surface area contributed by atoms with Crippen LogP contribution in [0.2, 0.25) is 5.02 Å². The van der Waals surface area contributed by atoms with E-state index in [1.807, 2.05) is 43.3 Å². The number of halogens is 1. The fourth-order valence-corrected chi connectivity index (χ4v) is 3.96. The number of nitrogens with zero attached hydrogens (tertiary/aromatic N) is 5. The maximum absolute atomic E-state index is 6.13. The van der Waals surface area contributed by atoms with Crippen LogP contribution in [-0.2, 0) is 6.42 Å². The van der Waals surface area contributed by atoms with Gasteiger partial charge in [0.15, 0.2) is 5.82 Å². The molecule has 5 rings (SSSR count). The SMILES string of the molecule is Cc1nc(CC2C=C(c3ccc(Cl)cc3)c3ccccc3-n3c(C)nnc32)no1. The average Bonchev–Trinajstić information content (AvgIpc) is 3.27. The molecule has 2 aromatic carbocycles. The van der Waals surface area contributed by atoms with Gasteiger partial charge in [-0.05, 0) is 36.3 Å². The Kier molecular flexibility index (Phi) is 4.28. The number of benzene rings is 2. The summed E-state index contributed by atoms with van der Waals surface area (Å²) in [5.41, 5.74) is 4.38. The zero-order valence-electron chi connectivity index (χ0n) is 16.0. The van der Waals surface area contributed by atoms with Crippen molar-refractivity contribution in [1.29, 1.82) is 0 Å². The first-order chi connectivity index (χ1) is 14.1. The average molecular weight is 404 g/mol. The third-order valence-electron chi connectivity index (χ3n) is 5.11. The molecule has 1 aliphatic heterocycles. The molecular formula is C22H18ClN5O. The fourth-order valence-electron chi connectivity index (χ4n) is 3.83. The van der Waals surface area contributed by atoms with Crippen LogP contribution < -0.4 is 0 Å². The van der Waals surface area contributed by atoms with Gasteiger partial charge in [0.1, 0.15) is 11.6 Å². The second-order valence-corrected chi connectivity index (χ2v) is 7.52. The summed E-state index contributed by atoms with van der Waals surface area (Å²) in [6.45, 7) is 3.76. The largest absolute Gasteiger partial charge is 0.340 e. The highest BCUT2D eigenvalue weighted by atomic mass is 35.5. The highest BCUT2D eigenvalue weighted by molar-refractivity contribution is 6.30. The molecule has 0 bridgehead atoms. The van der Waals surface area contributed by atoms with Gasteiger partial charge in [-0.3, -0.25) is 4.57 Å². The van der Waals surface area contributed by atoms with Crippen molar-refractivity contribution in [2.24, 2.45) is 0 Å². The number of allylic oxidation sites excluding steroid dienone is 1. The van der Waals surface area contributed by atoms with E-state index in [-0.39, 0.29) is 5.92 Å². The minimum Gasteiger partial charge on any atom is -0.340 e. The van der Waals surface area contributed by atoms with Crippen molar-refractivity contribution in [2.45, 2.75) is 26.2 Å². The van der Waals surface area contributed by atoms with Crippen LogP contribution in [0.3, 0.4) is 0 Å². The van der Waals surface area contributed by atoms with Crippen LogP contribution in [-0.4, -0.2) is 24.9 Å². The standard InChI is InChI=1S/C22H18ClN5O/c1-13-25-26-22-16(12-21-24-14(2)29-27-21)11-19(15-7-9-17(23)10-8-15)18-5-3-4-6-20(18)28(13)22/h3-11,16H,12H2,1-2H3. The van der Waals surface area contributed by atoms with Crippen molar-refractivity contribution in [1.82, 2.24) is 24.9 Å². The predicted octanol–water partition coefficient (Wildman–Crippen LogP) is 4.69. The van der Waals surface area contributed by atoms with Crippen molar-refractivity contribution in [3.8, 4) is 5.69 Å². The molecule has 0 amide bonds. The Morgan fingerprint density at radius 3 is 2.59 bits per heavy atom. The highest BCUT2D eigenvalue weighted by Gasteiger charge is 2.28. The lowest BCUT2D eigenvalue weighted by Crippen LogP contribution is -2.09. The van der Waals surface area contributed by atoms with E-state index in [1.54, 1.807) is 6.92 Å². The highest BCUT2D eigenvalue weighted by Crippen LogP contribution is 2.38.